The highest BCUT2D eigenvalue weighted by atomic mass is 16.5. The number of hydrogen-bond donors (Lipinski definition) is 0. The summed E-state index contributed by atoms with van der Waals surface area (Å²) in [6.45, 7) is 2.10. The van der Waals surface area contributed by atoms with Crippen LogP contribution in [-0.2, 0) is 6.32 Å². The van der Waals surface area contributed by atoms with Gasteiger partial charge in [0, 0.05) is 0 Å². The number of carbonyl (C=O) groups excluding carboxylic acids is 1. The molecule has 0 atom stereocenters. The molecule has 2 aromatic carbocycles. The van der Waals surface area contributed by atoms with E-state index >= 15 is 0 Å². The van der Waals surface area contributed by atoms with E-state index in [0.29, 0.717) is 11.3 Å². The highest BCUT2D eigenvalue weighted by Crippen LogP contribution is 2.15. The van der Waals surface area contributed by atoms with Gasteiger partial charge in [0.15, 0.2) is 0 Å². The molecule has 0 fully saturated rings. The molecule has 0 bridgehead atoms. The lowest BCUT2D eigenvalue weighted by atomic mass is 9.74. The number of benzene rings is 2. The number of carbonyl (C=O) groups is 1. The van der Waals surface area contributed by atoms with Crippen LogP contribution in [0.15, 0.2) is 54.6 Å². The van der Waals surface area contributed by atoms with Crippen LogP contribution >= 0.6 is 0 Å². The quantitative estimate of drug-likeness (QED) is 0.465. The molecule has 0 saturated heterocycles. The average molecular weight is 238 g/mol. The molecule has 0 saturated carbocycles. The van der Waals surface area contributed by atoms with E-state index in [1.54, 1.807) is 12.1 Å². The van der Waals surface area contributed by atoms with Crippen LogP contribution in [0.25, 0.3) is 0 Å². The predicted octanol–water partition coefficient (Wildman–Crippen LogP) is 2.89. The first-order valence-electron chi connectivity index (χ1n) is 6.16. The SMILES string of the molecule is CBCc1ccccc1C(=O)Oc1ccccc1. The van der Waals surface area contributed by atoms with E-state index in [9.17, 15) is 4.79 Å². The van der Waals surface area contributed by atoms with Gasteiger partial charge in [-0.15, -0.1) is 0 Å². The first-order valence-corrected chi connectivity index (χ1v) is 6.16. The monoisotopic (exact) mass is 238 g/mol. The Bertz CT molecular complexity index is 523. The van der Waals surface area contributed by atoms with E-state index in [0.717, 1.165) is 19.2 Å². The minimum Gasteiger partial charge on any atom is -0.423 e. The lowest BCUT2D eigenvalue weighted by Gasteiger charge is -2.08. The normalized spacial score (nSPS) is 9.83. The van der Waals surface area contributed by atoms with Gasteiger partial charge in [-0.2, -0.15) is 0 Å². The molecule has 3 heteroatoms. The maximum atomic E-state index is 12.1. The maximum Gasteiger partial charge on any atom is 0.343 e. The second-order valence-corrected chi connectivity index (χ2v) is 4.11. The topological polar surface area (TPSA) is 26.3 Å². The Balaban J connectivity index is 2.19. The van der Waals surface area contributed by atoms with Crippen LogP contribution < -0.4 is 4.74 Å². The van der Waals surface area contributed by atoms with E-state index in [1.807, 2.05) is 42.5 Å². The third-order valence-corrected chi connectivity index (χ3v) is 2.71. The number of ether oxygens (including phenoxy) is 1. The van der Waals surface area contributed by atoms with Gasteiger partial charge >= 0.3 is 5.97 Å². The predicted molar refractivity (Wildman–Crippen MR) is 74.6 cm³/mol. The van der Waals surface area contributed by atoms with Crippen LogP contribution in [-0.4, -0.2) is 13.2 Å². The van der Waals surface area contributed by atoms with Gasteiger partial charge in [-0.3, -0.25) is 0 Å². The summed E-state index contributed by atoms with van der Waals surface area (Å²) in [6, 6.07) is 16.7. The molecule has 0 radical (unpaired) electrons. The van der Waals surface area contributed by atoms with Gasteiger partial charge in [0.1, 0.15) is 13.0 Å². The molecule has 0 aliphatic carbocycles. The Kier molecular flexibility index (Phi) is 4.18. The Morgan fingerprint density at radius 2 is 1.72 bits per heavy atom. The van der Waals surface area contributed by atoms with Gasteiger partial charge in [-0.05, 0) is 23.8 Å². The van der Waals surface area contributed by atoms with Gasteiger partial charge in [-0.25, -0.2) is 4.79 Å². The van der Waals surface area contributed by atoms with Crippen molar-refractivity contribution < 1.29 is 9.53 Å². The molecule has 0 aliphatic rings. The zero-order valence-electron chi connectivity index (χ0n) is 10.4. The van der Waals surface area contributed by atoms with Gasteiger partial charge in [-0.1, -0.05) is 49.5 Å². The molecule has 0 aliphatic heterocycles. The summed E-state index contributed by atoms with van der Waals surface area (Å²) in [7, 11) is 1.01. The van der Waals surface area contributed by atoms with E-state index in [-0.39, 0.29) is 5.97 Å². The van der Waals surface area contributed by atoms with Gasteiger partial charge in [0.2, 0.25) is 0 Å². The molecule has 0 heterocycles. The fourth-order valence-corrected chi connectivity index (χ4v) is 1.86. The van der Waals surface area contributed by atoms with Gasteiger partial charge in [0.25, 0.3) is 0 Å². The van der Waals surface area contributed by atoms with Crippen molar-refractivity contribution >= 4 is 13.2 Å². The smallest absolute Gasteiger partial charge is 0.343 e. The molecule has 2 nitrogen and oxygen atoms in total. The lowest BCUT2D eigenvalue weighted by molar-refractivity contribution is 0.0734. The minimum absolute atomic E-state index is 0.287. The van der Waals surface area contributed by atoms with Crippen molar-refractivity contribution in [3.63, 3.8) is 0 Å². The molecule has 0 aromatic heterocycles. The largest absolute Gasteiger partial charge is 0.423 e. The first-order chi connectivity index (χ1) is 8.81. The van der Waals surface area contributed by atoms with Crippen molar-refractivity contribution in [2.75, 3.05) is 0 Å². The summed E-state index contributed by atoms with van der Waals surface area (Å²) >= 11 is 0. The summed E-state index contributed by atoms with van der Waals surface area (Å²) in [5, 5.41) is 0. The third-order valence-electron chi connectivity index (χ3n) is 2.71. The van der Waals surface area contributed by atoms with Gasteiger partial charge in [0.05, 0.1) is 5.56 Å². The van der Waals surface area contributed by atoms with Gasteiger partial charge < -0.3 is 4.74 Å². The minimum atomic E-state index is -0.287. The second kappa shape index (κ2) is 6.06. The Morgan fingerprint density at radius 1 is 1.06 bits per heavy atom. The Labute approximate surface area is 108 Å². The zero-order valence-corrected chi connectivity index (χ0v) is 10.4. The summed E-state index contributed by atoms with van der Waals surface area (Å²) in [5.74, 6) is 0.291. The molecule has 90 valence electrons. The fraction of sp³-hybridized carbons (Fsp3) is 0.133. The van der Waals surface area contributed by atoms with Crippen molar-refractivity contribution in [1.82, 2.24) is 0 Å². The van der Waals surface area contributed by atoms with Crippen molar-refractivity contribution in [2.24, 2.45) is 0 Å². The average Bonchev–Trinajstić information content (AvgIpc) is 2.41. The summed E-state index contributed by atoms with van der Waals surface area (Å²) in [5.41, 5.74) is 1.70. The third kappa shape index (κ3) is 3.01. The molecule has 0 amide bonds. The molecule has 2 rings (SSSR count). The highest BCUT2D eigenvalue weighted by molar-refractivity contribution is 6.33. The molecule has 0 spiro atoms. The van der Waals surface area contributed by atoms with E-state index < -0.39 is 0 Å². The van der Waals surface area contributed by atoms with E-state index in [4.69, 9.17) is 4.74 Å². The Morgan fingerprint density at radius 3 is 2.44 bits per heavy atom. The summed E-state index contributed by atoms with van der Waals surface area (Å²) < 4.78 is 5.35. The number of esters is 1. The molecule has 0 N–H and O–H groups in total. The van der Waals surface area contributed by atoms with Crippen LogP contribution in [0.4, 0.5) is 0 Å². The Hall–Kier alpha value is -2.03. The molecular formula is C15H15BO2. The molecule has 2 aromatic rings. The summed E-state index contributed by atoms with van der Waals surface area (Å²) in [6.07, 6.45) is 0.889. The van der Waals surface area contributed by atoms with Crippen LogP contribution in [0.1, 0.15) is 15.9 Å². The zero-order chi connectivity index (χ0) is 12.8. The number of rotatable bonds is 4. The highest BCUT2D eigenvalue weighted by Gasteiger charge is 2.12. The second-order valence-electron chi connectivity index (χ2n) is 4.11. The van der Waals surface area contributed by atoms with Crippen LogP contribution in [0.5, 0.6) is 5.75 Å². The van der Waals surface area contributed by atoms with Crippen LogP contribution in [0, 0.1) is 0 Å². The maximum absolute atomic E-state index is 12.1. The van der Waals surface area contributed by atoms with E-state index in [1.165, 1.54) is 0 Å². The van der Waals surface area contributed by atoms with Crippen molar-refractivity contribution in [2.45, 2.75) is 13.1 Å². The van der Waals surface area contributed by atoms with Crippen LogP contribution in [0.3, 0.4) is 0 Å². The molecule has 18 heavy (non-hydrogen) atoms. The van der Waals surface area contributed by atoms with Crippen molar-refractivity contribution in [3.05, 3.63) is 65.7 Å². The lowest BCUT2D eigenvalue weighted by Crippen LogP contribution is -2.12. The standard InChI is InChI=1S/C15H15BO2/c1-16-11-12-7-5-6-10-14(12)15(17)18-13-8-3-2-4-9-13/h2-10,16H,11H2,1H3. The molecule has 0 unspecified atom stereocenters. The van der Waals surface area contributed by atoms with Crippen LogP contribution in [0.2, 0.25) is 6.82 Å². The van der Waals surface area contributed by atoms with Crippen molar-refractivity contribution in [1.29, 1.82) is 0 Å². The number of para-hydroxylation sites is 1. The molecular weight excluding hydrogens is 223 g/mol. The number of hydrogen-bond acceptors (Lipinski definition) is 2. The fourth-order valence-electron chi connectivity index (χ4n) is 1.86. The van der Waals surface area contributed by atoms with Crippen molar-refractivity contribution in [3.8, 4) is 5.75 Å². The first kappa shape index (κ1) is 12.4. The van der Waals surface area contributed by atoms with E-state index in [2.05, 4.69) is 6.82 Å². The summed E-state index contributed by atoms with van der Waals surface area (Å²) in [4.78, 5) is 12.1.